The van der Waals surface area contributed by atoms with Gasteiger partial charge in [-0.2, -0.15) is 21.6 Å². The normalized spacial score (nSPS) is 12.9. The van der Waals surface area contributed by atoms with Crippen molar-refractivity contribution in [1.82, 2.24) is 0 Å². The fourth-order valence-corrected chi connectivity index (χ4v) is 3.01. The molecule has 24 heavy (non-hydrogen) atoms. The van der Waals surface area contributed by atoms with Crippen LogP contribution in [0.5, 0.6) is 5.75 Å². The summed E-state index contributed by atoms with van der Waals surface area (Å²) < 4.78 is 68.0. The van der Waals surface area contributed by atoms with Crippen LogP contribution in [0.1, 0.15) is 31.9 Å². The van der Waals surface area contributed by atoms with Crippen molar-refractivity contribution < 1.29 is 25.8 Å². The minimum atomic E-state index is -4.71. The molecule has 0 aliphatic heterocycles. The van der Waals surface area contributed by atoms with Crippen molar-refractivity contribution in [3.63, 3.8) is 0 Å². The maximum atomic E-state index is 12.9. The summed E-state index contributed by atoms with van der Waals surface area (Å²) in [5.74, 6) is -0.745. The van der Waals surface area contributed by atoms with E-state index in [-0.39, 0.29) is 10.3 Å². The van der Waals surface area contributed by atoms with E-state index in [0.29, 0.717) is 0 Å². The molecule has 7 heteroatoms. The van der Waals surface area contributed by atoms with Crippen molar-refractivity contribution in [3.8, 4) is 5.75 Å². The fourth-order valence-electron chi connectivity index (χ4n) is 2.06. The molecular weight excluding hydrogens is 341 g/mol. The second-order valence-corrected chi connectivity index (χ2v) is 7.85. The molecule has 0 aromatic heterocycles. The number of hydrogen-bond donors (Lipinski definition) is 0. The SMILES string of the molecule is CC(C)(C)c1ccc(S(=O)(=O)Oc2ccccc2C(F)(F)F)cc1. The monoisotopic (exact) mass is 358 g/mol. The lowest BCUT2D eigenvalue weighted by atomic mass is 9.87. The van der Waals surface area contributed by atoms with Crippen LogP contribution in [0.3, 0.4) is 0 Å². The maximum Gasteiger partial charge on any atom is 0.420 e. The van der Waals surface area contributed by atoms with Gasteiger partial charge in [-0.1, -0.05) is 45.0 Å². The third-order valence-electron chi connectivity index (χ3n) is 3.40. The highest BCUT2D eigenvalue weighted by atomic mass is 32.2. The predicted molar refractivity (Wildman–Crippen MR) is 84.4 cm³/mol. The number of alkyl halides is 3. The van der Waals surface area contributed by atoms with E-state index in [4.69, 9.17) is 4.18 Å². The van der Waals surface area contributed by atoms with Crippen LogP contribution in [0.15, 0.2) is 53.4 Å². The van der Waals surface area contributed by atoms with Crippen molar-refractivity contribution in [2.75, 3.05) is 0 Å². The lowest BCUT2D eigenvalue weighted by Gasteiger charge is -2.19. The molecule has 0 atom stereocenters. The van der Waals surface area contributed by atoms with Gasteiger partial charge in [-0.25, -0.2) is 0 Å². The van der Waals surface area contributed by atoms with Crippen molar-refractivity contribution in [2.45, 2.75) is 37.3 Å². The molecule has 2 aromatic carbocycles. The van der Waals surface area contributed by atoms with Gasteiger partial charge >= 0.3 is 16.3 Å². The van der Waals surface area contributed by atoms with Crippen molar-refractivity contribution in [2.24, 2.45) is 0 Å². The molecule has 0 bridgehead atoms. The molecule has 2 rings (SSSR count). The van der Waals surface area contributed by atoms with Gasteiger partial charge in [0.2, 0.25) is 0 Å². The molecule has 0 saturated carbocycles. The van der Waals surface area contributed by atoms with E-state index in [0.717, 1.165) is 17.7 Å². The Balaban J connectivity index is 2.37. The number of para-hydroxylation sites is 1. The Bertz CT molecular complexity index is 817. The molecule has 0 spiro atoms. The predicted octanol–water partition coefficient (Wildman–Crippen LogP) is 4.77. The first-order valence-electron chi connectivity index (χ1n) is 7.12. The average Bonchev–Trinajstić information content (AvgIpc) is 2.45. The number of hydrogen-bond acceptors (Lipinski definition) is 3. The zero-order valence-corrected chi connectivity index (χ0v) is 14.2. The van der Waals surface area contributed by atoms with Gasteiger partial charge in [0.05, 0.1) is 5.56 Å². The van der Waals surface area contributed by atoms with Crippen molar-refractivity contribution >= 4 is 10.1 Å². The average molecular weight is 358 g/mol. The molecule has 0 aliphatic rings. The van der Waals surface area contributed by atoms with Crippen LogP contribution in [0.25, 0.3) is 0 Å². The fraction of sp³-hybridized carbons (Fsp3) is 0.294. The number of halogens is 3. The Labute approximate surface area is 139 Å². The summed E-state index contributed by atoms with van der Waals surface area (Å²) in [6.07, 6.45) is -4.71. The molecule has 130 valence electrons. The highest BCUT2D eigenvalue weighted by molar-refractivity contribution is 7.87. The summed E-state index contributed by atoms with van der Waals surface area (Å²) in [4.78, 5) is -0.201. The Morgan fingerprint density at radius 3 is 1.92 bits per heavy atom. The summed E-state index contributed by atoms with van der Waals surface area (Å²) in [6.45, 7) is 5.89. The smallest absolute Gasteiger partial charge is 0.378 e. The van der Waals surface area contributed by atoms with E-state index in [1.165, 1.54) is 24.3 Å². The highest BCUT2D eigenvalue weighted by Gasteiger charge is 2.35. The molecule has 0 fully saturated rings. The number of rotatable bonds is 3. The first-order chi connectivity index (χ1) is 10.9. The summed E-state index contributed by atoms with van der Waals surface area (Å²) in [7, 11) is -4.36. The minimum Gasteiger partial charge on any atom is -0.378 e. The van der Waals surface area contributed by atoms with Crippen molar-refractivity contribution in [1.29, 1.82) is 0 Å². The second kappa shape index (κ2) is 6.12. The molecule has 0 radical (unpaired) electrons. The quantitative estimate of drug-likeness (QED) is 0.742. The summed E-state index contributed by atoms with van der Waals surface area (Å²) >= 11 is 0. The van der Waals surface area contributed by atoms with Gasteiger partial charge in [0, 0.05) is 0 Å². The Hall–Kier alpha value is -2.02. The summed E-state index contributed by atoms with van der Waals surface area (Å²) in [5.41, 5.74) is -0.413. The van der Waals surface area contributed by atoms with Crippen LogP contribution < -0.4 is 4.18 Å². The van der Waals surface area contributed by atoms with E-state index in [2.05, 4.69) is 0 Å². The third kappa shape index (κ3) is 4.08. The third-order valence-corrected chi connectivity index (χ3v) is 4.65. The standard InChI is InChI=1S/C17H17F3O3S/c1-16(2,3)12-8-10-13(11-9-12)24(21,22)23-15-7-5-4-6-14(15)17(18,19)20/h4-11H,1-3H3. The molecule has 0 amide bonds. The maximum absolute atomic E-state index is 12.9. The van der Waals surface area contributed by atoms with Gasteiger partial charge in [0.15, 0.2) is 5.75 Å². The van der Waals surface area contributed by atoms with Gasteiger partial charge in [0.25, 0.3) is 0 Å². The van der Waals surface area contributed by atoms with E-state index >= 15 is 0 Å². The minimum absolute atomic E-state index is 0.175. The van der Waals surface area contributed by atoms with Crippen LogP contribution in [0, 0.1) is 0 Å². The lowest BCUT2D eigenvalue weighted by molar-refractivity contribution is -0.138. The van der Waals surface area contributed by atoms with E-state index in [9.17, 15) is 21.6 Å². The first-order valence-corrected chi connectivity index (χ1v) is 8.53. The van der Waals surface area contributed by atoms with Gasteiger partial charge in [-0.3, -0.25) is 0 Å². The largest absolute Gasteiger partial charge is 0.420 e. The Morgan fingerprint density at radius 2 is 1.42 bits per heavy atom. The second-order valence-electron chi connectivity index (χ2n) is 6.31. The van der Waals surface area contributed by atoms with Crippen LogP contribution in [0.2, 0.25) is 0 Å². The summed E-state index contributed by atoms with van der Waals surface area (Å²) in [6, 6.07) is 10.1. The van der Waals surface area contributed by atoms with E-state index in [1.807, 2.05) is 20.8 Å². The van der Waals surface area contributed by atoms with Gasteiger partial charge in [0.1, 0.15) is 4.90 Å². The lowest BCUT2D eigenvalue weighted by Crippen LogP contribution is -2.15. The Kier molecular flexibility index (Phi) is 4.68. The van der Waals surface area contributed by atoms with E-state index < -0.39 is 27.6 Å². The zero-order valence-electron chi connectivity index (χ0n) is 13.4. The molecule has 0 aliphatic carbocycles. The zero-order chi connectivity index (χ0) is 18.2. The topological polar surface area (TPSA) is 43.4 Å². The van der Waals surface area contributed by atoms with Gasteiger partial charge in [-0.15, -0.1) is 0 Å². The van der Waals surface area contributed by atoms with Crippen LogP contribution in [-0.2, 0) is 21.7 Å². The molecule has 0 unspecified atom stereocenters. The first kappa shape index (κ1) is 18.3. The van der Waals surface area contributed by atoms with Gasteiger partial charge in [-0.05, 0) is 35.2 Å². The van der Waals surface area contributed by atoms with Crippen LogP contribution >= 0.6 is 0 Å². The van der Waals surface area contributed by atoms with E-state index in [1.54, 1.807) is 12.1 Å². The van der Waals surface area contributed by atoms with Gasteiger partial charge < -0.3 is 4.18 Å². The molecule has 0 N–H and O–H groups in total. The number of benzene rings is 2. The van der Waals surface area contributed by atoms with Crippen LogP contribution in [0.4, 0.5) is 13.2 Å². The molecule has 2 aromatic rings. The molecule has 3 nitrogen and oxygen atoms in total. The molecule has 0 heterocycles. The Morgan fingerprint density at radius 1 is 0.875 bits per heavy atom. The molecule has 0 saturated heterocycles. The van der Waals surface area contributed by atoms with Crippen LogP contribution in [-0.4, -0.2) is 8.42 Å². The highest BCUT2D eigenvalue weighted by Crippen LogP contribution is 2.37. The molecular formula is C17H17F3O3S. The summed E-state index contributed by atoms with van der Waals surface area (Å²) in [5, 5.41) is 0. The van der Waals surface area contributed by atoms with Crippen molar-refractivity contribution in [3.05, 3.63) is 59.7 Å².